The van der Waals surface area contributed by atoms with Crippen LogP contribution in [0.25, 0.3) is 10.9 Å². The first-order valence-electron chi connectivity index (χ1n) is 10.3. The number of hydrogen-bond donors (Lipinski definition) is 0. The molecule has 0 bridgehead atoms. The van der Waals surface area contributed by atoms with Gasteiger partial charge in [0.25, 0.3) is 0 Å². The van der Waals surface area contributed by atoms with Gasteiger partial charge in [0.2, 0.25) is 0 Å². The van der Waals surface area contributed by atoms with Crippen LogP contribution >= 0.6 is 0 Å². The number of amides is 1. The van der Waals surface area contributed by atoms with Crippen molar-refractivity contribution in [2.45, 2.75) is 59.1 Å². The smallest absolute Gasteiger partial charge is 0.410 e. The summed E-state index contributed by atoms with van der Waals surface area (Å²) < 4.78 is 12.6. The summed E-state index contributed by atoms with van der Waals surface area (Å²) in [6.07, 6.45) is 1.73. The van der Waals surface area contributed by atoms with Crippen LogP contribution < -0.4 is 0 Å². The highest BCUT2D eigenvalue weighted by Gasteiger charge is 2.28. The SMILES string of the molecule is CCOC(=O)Cc1c2ccccc2nn1CC1CCN(C(=O)OC(C)(C)C)CC1. The molecule has 1 amide bonds. The molecule has 0 unspecified atom stereocenters. The third-order valence-electron chi connectivity index (χ3n) is 5.07. The molecule has 0 spiro atoms. The average Bonchev–Trinajstić information content (AvgIpc) is 2.98. The maximum atomic E-state index is 12.3. The molecule has 1 saturated heterocycles. The molecule has 1 aliphatic rings. The normalized spacial score (nSPS) is 15.5. The highest BCUT2D eigenvalue weighted by Crippen LogP contribution is 2.25. The Morgan fingerprint density at radius 2 is 1.86 bits per heavy atom. The van der Waals surface area contributed by atoms with Gasteiger partial charge in [-0.25, -0.2) is 4.79 Å². The van der Waals surface area contributed by atoms with Crippen LogP contribution in [0.3, 0.4) is 0 Å². The molecule has 2 aromatic rings. The number of carbonyl (C=O) groups excluding carboxylic acids is 2. The third-order valence-corrected chi connectivity index (χ3v) is 5.07. The number of rotatable bonds is 5. The van der Waals surface area contributed by atoms with Crippen molar-refractivity contribution in [1.29, 1.82) is 0 Å². The van der Waals surface area contributed by atoms with Crippen molar-refractivity contribution in [1.82, 2.24) is 14.7 Å². The maximum absolute atomic E-state index is 12.3. The number of ether oxygens (including phenoxy) is 2. The van der Waals surface area contributed by atoms with E-state index < -0.39 is 5.60 Å². The Hall–Kier alpha value is -2.57. The topological polar surface area (TPSA) is 73.7 Å². The van der Waals surface area contributed by atoms with E-state index in [0.717, 1.165) is 36.0 Å². The van der Waals surface area contributed by atoms with Crippen molar-refractivity contribution in [2.24, 2.45) is 5.92 Å². The highest BCUT2D eigenvalue weighted by atomic mass is 16.6. The van der Waals surface area contributed by atoms with Crippen molar-refractivity contribution >= 4 is 23.0 Å². The summed E-state index contributed by atoms with van der Waals surface area (Å²) in [5.41, 5.74) is 1.30. The Morgan fingerprint density at radius 1 is 1.17 bits per heavy atom. The van der Waals surface area contributed by atoms with Crippen LogP contribution in [0.5, 0.6) is 0 Å². The second-order valence-electron chi connectivity index (χ2n) is 8.54. The fourth-order valence-corrected chi connectivity index (χ4v) is 3.69. The largest absolute Gasteiger partial charge is 0.466 e. The second-order valence-corrected chi connectivity index (χ2v) is 8.54. The lowest BCUT2D eigenvalue weighted by Crippen LogP contribution is -2.42. The molecule has 1 aromatic carbocycles. The van der Waals surface area contributed by atoms with Gasteiger partial charge in [0.05, 0.1) is 24.2 Å². The average molecular weight is 402 g/mol. The number of nitrogens with zero attached hydrogens (tertiary/aromatic N) is 3. The van der Waals surface area contributed by atoms with Crippen LogP contribution in [0.1, 0.15) is 46.2 Å². The van der Waals surface area contributed by atoms with Crippen LogP contribution in [0.2, 0.25) is 0 Å². The van der Waals surface area contributed by atoms with E-state index in [1.807, 2.05) is 56.6 Å². The number of carbonyl (C=O) groups is 2. The van der Waals surface area contributed by atoms with Gasteiger partial charge in [0.15, 0.2) is 0 Å². The lowest BCUT2D eigenvalue weighted by molar-refractivity contribution is -0.142. The van der Waals surface area contributed by atoms with Gasteiger partial charge in [0, 0.05) is 25.0 Å². The Kier molecular flexibility index (Phi) is 6.45. The Bertz CT molecular complexity index is 861. The molecule has 1 fully saturated rings. The molecule has 0 radical (unpaired) electrons. The first kappa shape index (κ1) is 21.1. The van der Waals surface area contributed by atoms with E-state index in [-0.39, 0.29) is 18.5 Å². The molecule has 3 rings (SSSR count). The number of fused-ring (bicyclic) bond motifs is 1. The molecule has 0 aliphatic carbocycles. The summed E-state index contributed by atoms with van der Waals surface area (Å²) in [6.45, 7) is 9.90. The van der Waals surface area contributed by atoms with E-state index in [2.05, 4.69) is 0 Å². The molecule has 29 heavy (non-hydrogen) atoms. The molecule has 0 saturated carbocycles. The monoisotopic (exact) mass is 401 g/mol. The van der Waals surface area contributed by atoms with E-state index >= 15 is 0 Å². The number of piperidine rings is 1. The van der Waals surface area contributed by atoms with Gasteiger partial charge in [0.1, 0.15) is 5.60 Å². The molecular formula is C22H31N3O4. The second kappa shape index (κ2) is 8.84. The fourth-order valence-electron chi connectivity index (χ4n) is 3.69. The zero-order valence-corrected chi connectivity index (χ0v) is 17.8. The fraction of sp³-hybridized carbons (Fsp3) is 0.591. The first-order chi connectivity index (χ1) is 13.8. The minimum absolute atomic E-state index is 0.213. The van der Waals surface area contributed by atoms with E-state index in [4.69, 9.17) is 14.6 Å². The van der Waals surface area contributed by atoms with E-state index in [1.165, 1.54) is 0 Å². The molecular weight excluding hydrogens is 370 g/mol. The summed E-state index contributed by atoms with van der Waals surface area (Å²) in [5.74, 6) is 0.156. The lowest BCUT2D eigenvalue weighted by atomic mass is 9.97. The first-order valence-corrected chi connectivity index (χ1v) is 10.3. The quantitative estimate of drug-likeness (QED) is 0.713. The number of hydrogen-bond acceptors (Lipinski definition) is 5. The summed E-state index contributed by atoms with van der Waals surface area (Å²) in [7, 11) is 0. The molecule has 0 N–H and O–H groups in total. The van der Waals surface area contributed by atoms with Crippen molar-refractivity contribution in [3.05, 3.63) is 30.0 Å². The van der Waals surface area contributed by atoms with Crippen molar-refractivity contribution in [3.63, 3.8) is 0 Å². The van der Waals surface area contributed by atoms with Crippen LogP contribution in [0.15, 0.2) is 24.3 Å². The minimum Gasteiger partial charge on any atom is -0.466 e. The van der Waals surface area contributed by atoms with Crippen LogP contribution in [-0.4, -0.2) is 52.0 Å². The van der Waals surface area contributed by atoms with Gasteiger partial charge in [-0.05, 0) is 52.5 Å². The van der Waals surface area contributed by atoms with Gasteiger partial charge in [-0.3, -0.25) is 9.48 Å². The van der Waals surface area contributed by atoms with Gasteiger partial charge in [-0.1, -0.05) is 18.2 Å². The molecule has 158 valence electrons. The molecule has 0 atom stereocenters. The van der Waals surface area contributed by atoms with Crippen LogP contribution in [-0.2, 0) is 27.2 Å². The van der Waals surface area contributed by atoms with Gasteiger partial charge in [-0.15, -0.1) is 0 Å². The van der Waals surface area contributed by atoms with Gasteiger partial charge in [-0.2, -0.15) is 5.10 Å². The summed E-state index contributed by atoms with van der Waals surface area (Å²) >= 11 is 0. The van der Waals surface area contributed by atoms with Crippen LogP contribution in [0, 0.1) is 5.92 Å². The van der Waals surface area contributed by atoms with Crippen molar-refractivity contribution in [2.75, 3.05) is 19.7 Å². The summed E-state index contributed by atoms with van der Waals surface area (Å²) in [5, 5.41) is 5.72. The number of likely N-dealkylation sites (tertiary alicyclic amines) is 1. The van der Waals surface area contributed by atoms with Gasteiger partial charge < -0.3 is 14.4 Å². The predicted molar refractivity (Wildman–Crippen MR) is 111 cm³/mol. The number of esters is 1. The molecule has 1 aromatic heterocycles. The van der Waals surface area contributed by atoms with Crippen LogP contribution in [0.4, 0.5) is 4.79 Å². The molecule has 2 heterocycles. The van der Waals surface area contributed by atoms with E-state index in [0.29, 0.717) is 25.6 Å². The predicted octanol–water partition coefficient (Wildman–Crippen LogP) is 3.79. The summed E-state index contributed by atoms with van der Waals surface area (Å²) in [6, 6.07) is 7.87. The summed E-state index contributed by atoms with van der Waals surface area (Å²) in [4.78, 5) is 26.2. The Balaban J connectivity index is 1.68. The number of benzene rings is 1. The van der Waals surface area contributed by atoms with Crippen molar-refractivity contribution < 1.29 is 19.1 Å². The van der Waals surface area contributed by atoms with Gasteiger partial charge >= 0.3 is 12.1 Å². The number of aromatic nitrogens is 2. The lowest BCUT2D eigenvalue weighted by Gasteiger charge is -2.33. The van der Waals surface area contributed by atoms with Crippen molar-refractivity contribution in [3.8, 4) is 0 Å². The molecule has 7 heteroatoms. The Labute approximate surface area is 171 Å². The van der Waals surface area contributed by atoms with E-state index in [9.17, 15) is 9.59 Å². The maximum Gasteiger partial charge on any atom is 0.410 e. The zero-order valence-electron chi connectivity index (χ0n) is 17.8. The molecule has 7 nitrogen and oxygen atoms in total. The minimum atomic E-state index is -0.481. The highest BCUT2D eigenvalue weighted by molar-refractivity contribution is 5.85. The van der Waals surface area contributed by atoms with E-state index in [1.54, 1.807) is 4.90 Å². The third kappa shape index (κ3) is 5.49. The Morgan fingerprint density at radius 3 is 2.52 bits per heavy atom. The molecule has 1 aliphatic heterocycles. The standard InChI is InChI=1S/C22H31N3O4/c1-5-28-20(26)14-19-17-8-6-7-9-18(17)23-25(19)15-16-10-12-24(13-11-16)21(27)29-22(2,3)4/h6-9,16H,5,10-15H2,1-4H3. The zero-order chi connectivity index (χ0) is 21.0.